The van der Waals surface area contributed by atoms with Gasteiger partial charge >= 0.3 is 12.1 Å². The van der Waals surface area contributed by atoms with Crippen LogP contribution in [-0.2, 0) is 14.6 Å². The zero-order chi connectivity index (χ0) is 18.1. The van der Waals surface area contributed by atoms with E-state index in [4.69, 9.17) is 10.5 Å². The number of nitrogens with two attached hydrogens (primary N) is 1. The molecule has 0 saturated carbocycles. The van der Waals surface area contributed by atoms with Gasteiger partial charge in [0, 0.05) is 5.56 Å². The van der Waals surface area contributed by atoms with Crippen LogP contribution in [0.15, 0.2) is 36.4 Å². The van der Waals surface area contributed by atoms with Gasteiger partial charge in [0.05, 0.1) is 6.10 Å². The van der Waals surface area contributed by atoms with Crippen molar-refractivity contribution in [3.8, 4) is 5.75 Å². The molecule has 0 aliphatic carbocycles. The van der Waals surface area contributed by atoms with E-state index in [9.17, 15) is 9.59 Å². The van der Waals surface area contributed by atoms with Crippen molar-refractivity contribution in [2.24, 2.45) is 5.73 Å². The van der Waals surface area contributed by atoms with Gasteiger partial charge in [0.25, 0.3) is 0 Å². The molecule has 0 aliphatic heterocycles. The zero-order valence-electron chi connectivity index (χ0n) is 14.4. The lowest BCUT2D eigenvalue weighted by atomic mass is 9.88. The summed E-state index contributed by atoms with van der Waals surface area (Å²) in [5.41, 5.74) is 6.12. The lowest BCUT2D eigenvalue weighted by molar-refractivity contribution is -0.231. The molecule has 1 aromatic rings. The average molecular weight is 335 g/mol. The largest absolute Gasteiger partial charge is 0.491 e. The second-order valence-electron chi connectivity index (χ2n) is 5.70. The third-order valence-electron chi connectivity index (χ3n) is 3.29. The van der Waals surface area contributed by atoms with Crippen LogP contribution in [0.4, 0.5) is 4.79 Å². The van der Waals surface area contributed by atoms with Crippen molar-refractivity contribution in [3.63, 3.8) is 0 Å². The molecule has 6 heteroatoms. The third-order valence-corrected chi connectivity index (χ3v) is 3.29. The van der Waals surface area contributed by atoms with E-state index < -0.39 is 18.0 Å². The van der Waals surface area contributed by atoms with Crippen LogP contribution in [0.5, 0.6) is 5.75 Å². The van der Waals surface area contributed by atoms with E-state index >= 15 is 0 Å². The first kappa shape index (κ1) is 19.5. The number of primary amides is 1. The molecular weight excluding hydrogens is 310 g/mol. The molecule has 1 aromatic carbocycles. The summed E-state index contributed by atoms with van der Waals surface area (Å²) >= 11 is 0. The monoisotopic (exact) mass is 335 g/mol. The number of unbranched alkanes of at least 4 members (excludes halogenated alkanes) is 1. The maximum atomic E-state index is 12.4. The van der Waals surface area contributed by atoms with Crippen LogP contribution in [0, 0.1) is 0 Å². The van der Waals surface area contributed by atoms with Crippen molar-refractivity contribution in [2.75, 3.05) is 0 Å². The van der Waals surface area contributed by atoms with Gasteiger partial charge in [-0.15, -0.1) is 0 Å². The van der Waals surface area contributed by atoms with E-state index in [2.05, 4.69) is 16.4 Å². The molecule has 0 aromatic heterocycles. The maximum absolute atomic E-state index is 12.4. The normalized spacial score (nSPS) is 11.7. The average Bonchev–Trinajstić information content (AvgIpc) is 2.52. The fraction of sp³-hybridized carbons (Fsp3) is 0.444. The van der Waals surface area contributed by atoms with Gasteiger partial charge in [-0.3, -0.25) is 0 Å². The molecule has 0 saturated heterocycles. The van der Waals surface area contributed by atoms with Crippen LogP contribution in [0.1, 0.15) is 51.5 Å². The molecule has 24 heavy (non-hydrogen) atoms. The molecule has 132 valence electrons. The van der Waals surface area contributed by atoms with Gasteiger partial charge in [0.1, 0.15) is 11.7 Å². The van der Waals surface area contributed by atoms with Gasteiger partial charge in [-0.05, 0) is 32.8 Å². The summed E-state index contributed by atoms with van der Waals surface area (Å²) in [6.07, 6.45) is 1.24. The molecule has 1 amide bonds. The number of hydrogen-bond donors (Lipinski definition) is 1. The summed E-state index contributed by atoms with van der Waals surface area (Å²) in [5.74, 6) is -0.994. The van der Waals surface area contributed by atoms with Crippen molar-refractivity contribution >= 4 is 12.1 Å². The van der Waals surface area contributed by atoms with Crippen LogP contribution in [0.2, 0.25) is 0 Å². The fourth-order valence-electron chi connectivity index (χ4n) is 2.27. The van der Waals surface area contributed by atoms with E-state index in [0.717, 1.165) is 12.8 Å². The Morgan fingerprint density at radius 1 is 1.21 bits per heavy atom. The van der Waals surface area contributed by atoms with Crippen LogP contribution in [0.25, 0.3) is 0 Å². The number of amides is 1. The molecule has 0 fully saturated rings. The van der Waals surface area contributed by atoms with Crippen molar-refractivity contribution in [1.82, 2.24) is 0 Å². The molecule has 0 spiro atoms. The predicted octanol–water partition coefficient (Wildman–Crippen LogP) is 3.86. The van der Waals surface area contributed by atoms with Crippen molar-refractivity contribution in [2.45, 2.75) is 52.1 Å². The van der Waals surface area contributed by atoms with Crippen molar-refractivity contribution < 1.29 is 24.1 Å². The summed E-state index contributed by atoms with van der Waals surface area (Å²) in [4.78, 5) is 31.9. The maximum Gasteiger partial charge on any atom is 0.447 e. The Labute approximate surface area is 142 Å². The molecular formula is C18H25NO5. The summed E-state index contributed by atoms with van der Waals surface area (Å²) in [5, 5.41) is 0. The van der Waals surface area contributed by atoms with Gasteiger partial charge in [0.2, 0.25) is 0 Å². The Bertz CT molecular complexity index is 583. The number of carbonyl (C=O) groups excluding carboxylic acids is 2. The predicted molar refractivity (Wildman–Crippen MR) is 90.4 cm³/mol. The highest BCUT2D eigenvalue weighted by Gasteiger charge is 2.30. The molecule has 0 bridgehead atoms. The number of benzene rings is 1. The Kier molecular flexibility index (Phi) is 7.82. The quantitative estimate of drug-likeness (QED) is 0.443. The van der Waals surface area contributed by atoms with Crippen LogP contribution < -0.4 is 10.5 Å². The Hall–Kier alpha value is -2.50. The minimum Gasteiger partial charge on any atom is -0.491 e. The van der Waals surface area contributed by atoms with E-state index in [1.807, 2.05) is 26.8 Å². The summed E-state index contributed by atoms with van der Waals surface area (Å²) in [6.45, 7) is 9.85. The van der Waals surface area contributed by atoms with Gasteiger partial charge in [0.15, 0.2) is 0 Å². The van der Waals surface area contributed by atoms with Crippen molar-refractivity contribution in [3.05, 3.63) is 42.0 Å². The van der Waals surface area contributed by atoms with Crippen molar-refractivity contribution in [1.29, 1.82) is 0 Å². The van der Waals surface area contributed by atoms with E-state index in [1.54, 1.807) is 18.2 Å². The highest BCUT2D eigenvalue weighted by molar-refractivity contribution is 5.83. The lowest BCUT2D eigenvalue weighted by Gasteiger charge is -2.21. The standard InChI is InChI=1S/C18H25NO5/c1-5-6-9-13(4)16(17(20)23-24-18(19)21)14-10-7-8-11-15(14)22-12(2)3/h7-8,10-12,16H,4-6,9H2,1-3H3,(H2,19,21). The van der Waals surface area contributed by atoms with Crippen LogP contribution in [0.3, 0.4) is 0 Å². The fourth-order valence-corrected chi connectivity index (χ4v) is 2.27. The lowest BCUT2D eigenvalue weighted by Crippen LogP contribution is -2.23. The van der Waals surface area contributed by atoms with Gasteiger partial charge in [-0.1, -0.05) is 43.7 Å². The third kappa shape index (κ3) is 5.95. The number of ether oxygens (including phenoxy) is 1. The minimum absolute atomic E-state index is 0.0615. The first-order valence-electron chi connectivity index (χ1n) is 7.97. The number of carbonyl (C=O) groups is 2. The van der Waals surface area contributed by atoms with Gasteiger partial charge in [-0.2, -0.15) is 0 Å². The van der Waals surface area contributed by atoms with E-state index in [1.165, 1.54) is 0 Å². The molecule has 0 radical (unpaired) electrons. The SMILES string of the molecule is C=C(CCCC)C(C(=O)OOC(N)=O)c1ccccc1OC(C)C. The second-order valence-corrected chi connectivity index (χ2v) is 5.70. The molecule has 1 rings (SSSR count). The van der Waals surface area contributed by atoms with Gasteiger partial charge in [-0.25, -0.2) is 19.4 Å². The van der Waals surface area contributed by atoms with Crippen LogP contribution >= 0.6 is 0 Å². The van der Waals surface area contributed by atoms with Crippen LogP contribution in [-0.4, -0.2) is 18.2 Å². The number of para-hydroxylation sites is 1. The molecule has 0 heterocycles. The molecule has 0 aliphatic rings. The smallest absolute Gasteiger partial charge is 0.447 e. The highest BCUT2D eigenvalue weighted by Crippen LogP contribution is 2.35. The summed E-state index contributed by atoms with van der Waals surface area (Å²) in [6, 6.07) is 7.16. The molecule has 2 N–H and O–H groups in total. The topological polar surface area (TPSA) is 87.9 Å². The number of rotatable bonds is 8. The van der Waals surface area contributed by atoms with Gasteiger partial charge < -0.3 is 10.5 Å². The Morgan fingerprint density at radius 3 is 2.46 bits per heavy atom. The molecule has 6 nitrogen and oxygen atoms in total. The van der Waals surface area contributed by atoms with E-state index in [-0.39, 0.29) is 6.10 Å². The Morgan fingerprint density at radius 2 is 1.88 bits per heavy atom. The van der Waals surface area contributed by atoms with E-state index in [0.29, 0.717) is 23.3 Å². The highest BCUT2D eigenvalue weighted by atomic mass is 17.2. The molecule has 1 unspecified atom stereocenters. The second kappa shape index (κ2) is 9.60. The number of hydrogen-bond acceptors (Lipinski definition) is 5. The first-order chi connectivity index (χ1) is 11.4. The molecule has 1 atom stereocenters. The zero-order valence-corrected chi connectivity index (χ0v) is 14.4. The summed E-state index contributed by atoms with van der Waals surface area (Å²) < 4.78 is 5.78. The summed E-state index contributed by atoms with van der Waals surface area (Å²) in [7, 11) is 0. The first-order valence-corrected chi connectivity index (χ1v) is 7.97. The minimum atomic E-state index is -1.19. The Balaban J connectivity index is 3.14.